The third-order valence-electron chi connectivity index (χ3n) is 4.39. The van der Waals surface area contributed by atoms with Crippen LogP contribution in [0.15, 0.2) is 12.1 Å². The number of nitrogens with zero attached hydrogens (tertiary/aromatic N) is 1. The number of methoxy groups -OCH3 is 1. The highest BCUT2D eigenvalue weighted by atomic mass is 35.5. The normalized spacial score (nSPS) is 22.1. The molecule has 1 saturated heterocycles. The third-order valence-corrected chi connectivity index (χ3v) is 4.67. The van der Waals surface area contributed by atoms with Gasteiger partial charge in [-0.25, -0.2) is 0 Å². The van der Waals surface area contributed by atoms with Crippen molar-refractivity contribution in [2.24, 2.45) is 5.92 Å². The fourth-order valence-electron chi connectivity index (χ4n) is 3.32. The van der Waals surface area contributed by atoms with Crippen molar-refractivity contribution in [3.8, 4) is 11.5 Å². The molecule has 0 bridgehead atoms. The van der Waals surface area contributed by atoms with Gasteiger partial charge in [0, 0.05) is 19.0 Å². The molecule has 2 unspecified atom stereocenters. The molecular weight excluding hydrogens is 314 g/mol. The molecule has 2 rings (SSSR count). The lowest BCUT2D eigenvalue weighted by molar-refractivity contribution is 0.0270. The van der Waals surface area contributed by atoms with Crippen LogP contribution in [-0.2, 0) is 6.42 Å². The van der Waals surface area contributed by atoms with Gasteiger partial charge in [0.2, 0.25) is 0 Å². The van der Waals surface area contributed by atoms with Crippen LogP contribution in [0, 0.1) is 5.92 Å². The Hall–Kier alpha value is -0.970. The van der Waals surface area contributed by atoms with Crippen molar-refractivity contribution in [1.29, 1.82) is 0 Å². The predicted octanol–water partition coefficient (Wildman–Crippen LogP) is 3.38. The van der Waals surface area contributed by atoms with Gasteiger partial charge in [-0.2, -0.15) is 0 Å². The Morgan fingerprint density at radius 2 is 2.13 bits per heavy atom. The number of piperidine rings is 1. The van der Waals surface area contributed by atoms with E-state index in [0.29, 0.717) is 23.1 Å². The monoisotopic (exact) mass is 341 g/mol. The maximum Gasteiger partial charge on any atom is 0.179 e. The fraction of sp³-hybridized carbons (Fsp3) is 0.667. The first-order valence-corrected chi connectivity index (χ1v) is 8.86. The van der Waals surface area contributed by atoms with Crippen LogP contribution in [0.1, 0.15) is 32.3 Å². The molecule has 0 saturated carbocycles. The van der Waals surface area contributed by atoms with Gasteiger partial charge in [-0.3, -0.25) is 0 Å². The summed E-state index contributed by atoms with van der Waals surface area (Å²) in [5.74, 6) is 1.48. The van der Waals surface area contributed by atoms with Gasteiger partial charge in [0.05, 0.1) is 24.8 Å². The van der Waals surface area contributed by atoms with Crippen molar-refractivity contribution in [3.63, 3.8) is 0 Å². The molecule has 2 atom stereocenters. The number of halogens is 1. The molecule has 0 amide bonds. The zero-order chi connectivity index (χ0) is 16.8. The van der Waals surface area contributed by atoms with Crippen molar-refractivity contribution in [3.05, 3.63) is 22.7 Å². The Labute approximate surface area is 144 Å². The number of hydrogen-bond donors (Lipinski definition) is 1. The lowest BCUT2D eigenvalue weighted by Crippen LogP contribution is -2.44. The number of aliphatic hydroxyl groups excluding tert-OH is 1. The van der Waals surface area contributed by atoms with Gasteiger partial charge >= 0.3 is 0 Å². The second-order valence-electron chi connectivity index (χ2n) is 6.16. The van der Waals surface area contributed by atoms with Gasteiger partial charge < -0.3 is 19.5 Å². The van der Waals surface area contributed by atoms with Crippen molar-refractivity contribution in [2.75, 3.05) is 33.4 Å². The summed E-state index contributed by atoms with van der Waals surface area (Å²) >= 11 is 6.32. The van der Waals surface area contributed by atoms with Gasteiger partial charge in [0.1, 0.15) is 0 Å². The molecule has 1 aromatic carbocycles. The molecule has 1 aromatic rings. The summed E-state index contributed by atoms with van der Waals surface area (Å²) in [6.07, 6.45) is 2.53. The molecule has 1 fully saturated rings. The summed E-state index contributed by atoms with van der Waals surface area (Å²) in [7, 11) is 1.59. The van der Waals surface area contributed by atoms with Crippen LogP contribution in [0.5, 0.6) is 11.5 Å². The maximum absolute atomic E-state index is 10.3. The summed E-state index contributed by atoms with van der Waals surface area (Å²) in [4.78, 5) is 2.44. The molecule has 1 aliphatic heterocycles. The standard InChI is InChI=1S/C18H28ClNO3/c1-4-7-20-8-6-16(21)14(12-20)9-13-10-15(19)18(22-3)17(11-13)23-5-2/h10-11,14,16,21H,4-9,12H2,1-3H3. The molecule has 5 heteroatoms. The average Bonchev–Trinajstić information content (AvgIpc) is 2.51. The Morgan fingerprint density at radius 1 is 1.35 bits per heavy atom. The van der Waals surface area contributed by atoms with E-state index in [1.165, 1.54) is 0 Å². The molecule has 0 aliphatic carbocycles. The number of benzene rings is 1. The minimum absolute atomic E-state index is 0.231. The molecule has 1 aliphatic rings. The lowest BCUT2D eigenvalue weighted by Gasteiger charge is -2.36. The van der Waals surface area contributed by atoms with E-state index < -0.39 is 0 Å². The van der Waals surface area contributed by atoms with Crippen LogP contribution in [0.4, 0.5) is 0 Å². The van der Waals surface area contributed by atoms with Crippen LogP contribution in [-0.4, -0.2) is 49.5 Å². The zero-order valence-corrected chi connectivity index (χ0v) is 15.1. The smallest absolute Gasteiger partial charge is 0.179 e. The Bertz CT molecular complexity index is 509. The highest BCUT2D eigenvalue weighted by Crippen LogP contribution is 2.37. The number of ether oxygens (including phenoxy) is 2. The van der Waals surface area contributed by atoms with Crippen LogP contribution < -0.4 is 9.47 Å². The molecule has 23 heavy (non-hydrogen) atoms. The minimum atomic E-state index is -0.250. The van der Waals surface area contributed by atoms with Crippen LogP contribution >= 0.6 is 11.6 Å². The van der Waals surface area contributed by atoms with E-state index in [0.717, 1.165) is 44.5 Å². The van der Waals surface area contributed by atoms with E-state index in [9.17, 15) is 5.11 Å². The van der Waals surface area contributed by atoms with E-state index in [4.69, 9.17) is 21.1 Å². The van der Waals surface area contributed by atoms with Gasteiger partial charge in [0.15, 0.2) is 11.5 Å². The Morgan fingerprint density at radius 3 is 2.78 bits per heavy atom. The molecule has 0 spiro atoms. The van der Waals surface area contributed by atoms with Crippen molar-refractivity contribution in [2.45, 2.75) is 39.2 Å². The van der Waals surface area contributed by atoms with E-state index in [-0.39, 0.29) is 12.0 Å². The first-order valence-electron chi connectivity index (χ1n) is 8.48. The Kier molecular flexibility index (Phi) is 7.00. The van der Waals surface area contributed by atoms with Crippen LogP contribution in [0.3, 0.4) is 0 Å². The quantitative estimate of drug-likeness (QED) is 0.825. The number of aliphatic hydroxyl groups is 1. The fourth-order valence-corrected chi connectivity index (χ4v) is 3.63. The summed E-state index contributed by atoms with van der Waals surface area (Å²) in [5.41, 5.74) is 1.08. The van der Waals surface area contributed by atoms with Crippen LogP contribution in [0.2, 0.25) is 5.02 Å². The molecular formula is C18H28ClNO3. The predicted molar refractivity (Wildman–Crippen MR) is 93.7 cm³/mol. The van der Waals surface area contributed by atoms with Gasteiger partial charge in [-0.15, -0.1) is 0 Å². The second kappa shape index (κ2) is 8.76. The highest BCUT2D eigenvalue weighted by Gasteiger charge is 2.28. The summed E-state index contributed by atoms with van der Waals surface area (Å²) < 4.78 is 11.0. The summed E-state index contributed by atoms with van der Waals surface area (Å²) in [6, 6.07) is 3.91. The van der Waals surface area contributed by atoms with E-state index >= 15 is 0 Å². The lowest BCUT2D eigenvalue weighted by atomic mass is 9.88. The Balaban J connectivity index is 2.14. The molecule has 0 aromatic heterocycles. The van der Waals surface area contributed by atoms with Gasteiger partial charge in [-0.05, 0) is 50.4 Å². The largest absolute Gasteiger partial charge is 0.491 e. The minimum Gasteiger partial charge on any atom is -0.491 e. The molecule has 1 heterocycles. The molecule has 4 nitrogen and oxygen atoms in total. The van der Waals surface area contributed by atoms with E-state index in [1.54, 1.807) is 7.11 Å². The highest BCUT2D eigenvalue weighted by molar-refractivity contribution is 6.32. The third kappa shape index (κ3) is 4.75. The number of rotatable bonds is 7. The SMILES string of the molecule is CCCN1CCC(O)C(Cc2cc(Cl)c(OC)c(OCC)c2)C1. The first kappa shape index (κ1) is 18.4. The zero-order valence-electron chi connectivity index (χ0n) is 14.3. The maximum atomic E-state index is 10.3. The number of likely N-dealkylation sites (tertiary alicyclic amines) is 1. The average molecular weight is 342 g/mol. The summed E-state index contributed by atoms with van der Waals surface area (Å²) in [5, 5.41) is 10.9. The van der Waals surface area contributed by atoms with E-state index in [1.807, 2.05) is 19.1 Å². The van der Waals surface area contributed by atoms with Gasteiger partial charge in [0.25, 0.3) is 0 Å². The molecule has 0 radical (unpaired) electrons. The summed E-state index contributed by atoms with van der Waals surface area (Å²) in [6.45, 7) is 7.70. The van der Waals surface area contributed by atoms with E-state index in [2.05, 4.69) is 11.8 Å². The van der Waals surface area contributed by atoms with Crippen molar-refractivity contribution in [1.82, 2.24) is 4.90 Å². The topological polar surface area (TPSA) is 41.9 Å². The van der Waals surface area contributed by atoms with Crippen LogP contribution in [0.25, 0.3) is 0 Å². The molecule has 1 N–H and O–H groups in total. The first-order chi connectivity index (χ1) is 11.1. The van der Waals surface area contributed by atoms with Crippen molar-refractivity contribution >= 4 is 11.6 Å². The van der Waals surface area contributed by atoms with Crippen molar-refractivity contribution < 1.29 is 14.6 Å². The number of hydrogen-bond acceptors (Lipinski definition) is 4. The molecule has 130 valence electrons. The van der Waals surface area contributed by atoms with Gasteiger partial charge in [-0.1, -0.05) is 18.5 Å². The second-order valence-corrected chi connectivity index (χ2v) is 6.57.